The molecule has 1 atom stereocenters. The van der Waals surface area contributed by atoms with E-state index in [-0.39, 0.29) is 53.7 Å². The number of benzene rings is 7. The fourth-order valence-electron chi connectivity index (χ4n) is 14.2. The summed E-state index contributed by atoms with van der Waals surface area (Å²) in [5, 5.41) is 5.69. The first-order valence-corrected chi connectivity index (χ1v) is 41.4. The Morgan fingerprint density at radius 3 is 1.72 bits per heavy atom. The lowest BCUT2D eigenvalue weighted by Gasteiger charge is -2.15. The molecular formula is C87H52Cl3FN14O11S3. The lowest BCUT2D eigenvalue weighted by atomic mass is 9.93. The Labute approximate surface area is 689 Å². The van der Waals surface area contributed by atoms with Crippen LogP contribution in [0.15, 0.2) is 279 Å². The minimum Gasteiger partial charge on any atom is -0.588 e. The maximum absolute atomic E-state index is 14.5. The van der Waals surface area contributed by atoms with Crippen LogP contribution in [0.5, 0.6) is 0 Å². The Morgan fingerprint density at radius 2 is 1.08 bits per heavy atom. The van der Waals surface area contributed by atoms with Crippen molar-refractivity contribution in [2.24, 2.45) is 0 Å². The molecule has 0 saturated heterocycles. The van der Waals surface area contributed by atoms with Crippen molar-refractivity contribution in [1.29, 1.82) is 0 Å². The van der Waals surface area contributed by atoms with E-state index in [1.807, 2.05) is 121 Å². The average Bonchev–Trinajstić information content (AvgIpc) is 1.13. The Morgan fingerprint density at radius 1 is 0.504 bits per heavy atom. The first-order chi connectivity index (χ1) is 57.4. The number of nitrogens with one attached hydrogen (secondary N) is 6. The van der Waals surface area contributed by atoms with Crippen LogP contribution in [0.1, 0.15) is 32.0 Å². The van der Waals surface area contributed by atoms with Gasteiger partial charge in [-0.15, -0.1) is 0 Å². The molecule has 11 aromatic heterocycles. The van der Waals surface area contributed by atoms with Crippen LogP contribution in [-0.4, -0.2) is 88.2 Å². The standard InChI is InChI=1S/C87H52Cl3FN14O11S3/c1-44-8-5-9-45(22-44)43-118(112,113)104-86(109)67-40-96-83-65(81(67)107)33-62(52-24-51-14-7-21-92-78(51)68(88)29-52)76(101-83)48-17-15-46(16-18-48)57-27-55-25-53(30-69(89)79(55)94-36-57)61-32-64-72(106)35-71(87(110)105-119(114,115)74-20-19-59(91)38-93-74)99-85(64)102-77(61)50-13-6-12-49(23-50)58-28-56-26-54(31-70(90)80(56)95-37-58)63-34-66-82(108)73(117(111)103-60-39-98-116-42-60)41-97-84(66)100-75(63)47-10-3-2-4-11-47/h2-42,103H,43H2,1H3,(H,104,109)(H,105,110)(H,96,101,107)(H,97,100,108)(H,99,102,106). The van der Waals surface area contributed by atoms with Crippen molar-refractivity contribution >= 4 is 150 Å². The van der Waals surface area contributed by atoms with Crippen LogP contribution in [0.3, 0.4) is 0 Å². The molecule has 11 heterocycles. The smallest absolute Gasteiger partial charge is 0.281 e. The Kier molecular flexibility index (Phi) is 19.6. The monoisotopic (exact) mass is 1690 g/mol. The van der Waals surface area contributed by atoms with Gasteiger partial charge < -0.3 is 24.0 Å². The quantitative estimate of drug-likeness (QED) is 0.0435. The van der Waals surface area contributed by atoms with Gasteiger partial charge in [-0.3, -0.25) is 38.9 Å². The highest BCUT2D eigenvalue weighted by Gasteiger charge is 2.28. The van der Waals surface area contributed by atoms with Gasteiger partial charge in [-0.1, -0.05) is 149 Å². The summed E-state index contributed by atoms with van der Waals surface area (Å²) in [7, 11) is -8.96. The van der Waals surface area contributed by atoms with Crippen molar-refractivity contribution in [3.05, 3.63) is 324 Å². The van der Waals surface area contributed by atoms with Gasteiger partial charge in [-0.2, -0.15) is 13.1 Å². The van der Waals surface area contributed by atoms with Crippen LogP contribution in [0.25, 0.3) is 155 Å². The molecule has 7 aromatic carbocycles. The van der Waals surface area contributed by atoms with Crippen LogP contribution in [0.4, 0.5) is 10.1 Å². The summed E-state index contributed by atoms with van der Waals surface area (Å²) in [6.07, 6.45) is 10.6. The van der Waals surface area contributed by atoms with Gasteiger partial charge in [0.05, 0.1) is 89.2 Å². The number of carbonyl (C=O) groups is 2. The largest absolute Gasteiger partial charge is 0.588 e. The predicted octanol–water partition coefficient (Wildman–Crippen LogP) is 16.7. The molecule has 0 saturated carbocycles. The summed E-state index contributed by atoms with van der Waals surface area (Å²) >= 11 is 19.3. The molecule has 0 spiro atoms. The summed E-state index contributed by atoms with van der Waals surface area (Å²) < 4.78 is 92.5. The zero-order valence-electron chi connectivity index (χ0n) is 61.2. The van der Waals surface area contributed by atoms with Crippen LogP contribution in [0, 0.1) is 12.7 Å². The first-order valence-electron chi connectivity index (χ1n) is 36.0. The van der Waals surface area contributed by atoms with Gasteiger partial charge in [-0.25, -0.2) is 42.2 Å². The summed E-state index contributed by atoms with van der Waals surface area (Å²) in [4.78, 5) is 113. The number of hydrogen-bond donors (Lipinski definition) is 6. The molecule has 582 valence electrons. The van der Waals surface area contributed by atoms with Gasteiger partial charge in [0, 0.05) is 91.5 Å². The number of sulfonamides is 2. The van der Waals surface area contributed by atoms with E-state index in [2.05, 4.69) is 39.5 Å². The second-order valence-corrected chi connectivity index (χ2v) is 33.4. The number of amides is 2. The fourth-order valence-corrected chi connectivity index (χ4v) is 17.9. The van der Waals surface area contributed by atoms with E-state index in [1.54, 1.807) is 91.4 Å². The van der Waals surface area contributed by atoms with Gasteiger partial charge in [0.1, 0.15) is 51.1 Å². The molecule has 6 N–H and O–H groups in total. The molecule has 32 heteroatoms. The summed E-state index contributed by atoms with van der Waals surface area (Å²) in [5.41, 5.74) is 8.49. The van der Waals surface area contributed by atoms with E-state index < -0.39 is 87.4 Å². The minimum atomic E-state index is -4.70. The molecule has 0 aliphatic heterocycles. The number of aromatic amines is 3. The first kappa shape index (κ1) is 76.3. The molecule has 0 fully saturated rings. The topological polar surface area (TPSA) is 376 Å². The molecule has 18 aromatic rings. The lowest BCUT2D eigenvalue weighted by Crippen LogP contribution is -2.34. The number of carbonyl (C=O) groups excluding carboxylic acids is 2. The van der Waals surface area contributed by atoms with Gasteiger partial charge in [0.15, 0.2) is 16.7 Å². The Hall–Kier alpha value is -14.0. The van der Waals surface area contributed by atoms with E-state index >= 15 is 0 Å². The molecule has 0 bridgehead atoms. The number of fused-ring (bicyclic) bond motifs is 6. The third-order valence-corrected chi connectivity index (χ3v) is 24.3. The maximum atomic E-state index is 14.5. The lowest BCUT2D eigenvalue weighted by molar-refractivity contribution is 0.0969. The highest BCUT2D eigenvalue weighted by atomic mass is 35.5. The molecule has 2 amide bonds. The molecule has 25 nitrogen and oxygen atoms in total. The Bertz CT molecular complexity index is 7770. The highest BCUT2D eigenvalue weighted by molar-refractivity contribution is 7.92. The number of halogens is 4. The number of rotatable bonds is 18. The van der Waals surface area contributed by atoms with E-state index in [0.29, 0.717) is 133 Å². The molecule has 0 radical (unpaired) electrons. The third-order valence-electron chi connectivity index (χ3n) is 19.8. The SMILES string of the molecule is Cc1cccc(CS(=O)(=O)NC(=O)c2c[nH]c3nc(-c4ccc(-c5cnc6c(Cl)cc(-c7cc8c(=O)cc(C(=O)NS(=O)(=O)c9ccc(F)cn9)[nH]c8nc7-c7cccc(-c8cnc9c(Cl)cc(-c%10cc%11c(=O)c([S+]([O-])Nc%12cnoc%12)c[nH]c%11nc%10-c%10ccccc%10)cc9c8)c7)cc6c5)cc4)c(-c4cc(Cl)c5ncccc5c4)cc3c2=O)c1. The molecule has 119 heavy (non-hydrogen) atoms. The summed E-state index contributed by atoms with van der Waals surface area (Å²) in [5.74, 6) is -3.71. The van der Waals surface area contributed by atoms with Crippen LogP contribution in [-0.2, 0) is 37.2 Å². The number of pyridine rings is 10. The summed E-state index contributed by atoms with van der Waals surface area (Å²) in [6.45, 7) is 1.81. The predicted molar refractivity (Wildman–Crippen MR) is 455 cm³/mol. The number of nitrogens with zero attached hydrogens (tertiary/aromatic N) is 8. The fraction of sp³-hybridized carbons (Fsp3) is 0.0230. The van der Waals surface area contributed by atoms with Gasteiger partial charge in [0.25, 0.3) is 21.8 Å². The number of aryl methyl sites for hydroxylation is 1. The van der Waals surface area contributed by atoms with Crippen molar-refractivity contribution in [2.75, 3.05) is 4.72 Å². The number of hydrogen-bond acceptors (Lipinski definition) is 20. The molecular weight excluding hydrogens is 1640 g/mol. The molecule has 0 aliphatic rings. The second-order valence-electron chi connectivity index (χ2n) is 27.7. The van der Waals surface area contributed by atoms with Crippen molar-refractivity contribution in [1.82, 2.24) is 64.4 Å². The third kappa shape index (κ3) is 14.9. The maximum Gasteiger partial charge on any atom is 0.281 e. The highest BCUT2D eigenvalue weighted by Crippen LogP contribution is 2.43. The number of anilines is 1. The Balaban J connectivity index is 0.722. The van der Waals surface area contributed by atoms with Crippen molar-refractivity contribution in [3.8, 4) is 89.4 Å². The number of aromatic nitrogens is 11. The van der Waals surface area contributed by atoms with Crippen LogP contribution >= 0.6 is 34.8 Å². The van der Waals surface area contributed by atoms with Gasteiger partial charge >= 0.3 is 0 Å². The molecule has 1 unspecified atom stereocenters. The second kappa shape index (κ2) is 30.5. The molecule has 0 aliphatic carbocycles. The zero-order valence-corrected chi connectivity index (χ0v) is 65.9. The van der Waals surface area contributed by atoms with Crippen LogP contribution in [0.2, 0.25) is 15.1 Å². The minimum absolute atomic E-state index is 0.0163. The van der Waals surface area contributed by atoms with Crippen LogP contribution < -0.4 is 30.5 Å². The van der Waals surface area contributed by atoms with Gasteiger partial charge in [0.2, 0.25) is 25.8 Å². The van der Waals surface area contributed by atoms with Gasteiger partial charge in [-0.05, 0) is 131 Å². The van der Waals surface area contributed by atoms with E-state index in [1.165, 1.54) is 18.7 Å². The van der Waals surface area contributed by atoms with Crippen molar-refractivity contribution in [3.63, 3.8) is 0 Å². The van der Waals surface area contributed by atoms with E-state index in [9.17, 15) is 49.8 Å². The van der Waals surface area contributed by atoms with Crippen molar-refractivity contribution in [2.45, 2.75) is 22.6 Å². The number of H-pyrrole nitrogens is 3. The van der Waals surface area contributed by atoms with Crippen molar-refractivity contribution < 1.29 is 39.9 Å². The average molecular weight is 1690 g/mol. The normalized spacial score (nSPS) is 12.1. The zero-order chi connectivity index (χ0) is 82.3. The van der Waals surface area contributed by atoms with E-state index in [0.717, 1.165) is 35.5 Å². The summed E-state index contributed by atoms with van der Waals surface area (Å²) in [6, 6.07) is 56.3. The van der Waals surface area contributed by atoms with E-state index in [4.69, 9.17) is 64.2 Å². The molecule has 18 rings (SSSR count).